The van der Waals surface area contributed by atoms with Gasteiger partial charge in [-0.3, -0.25) is 0 Å². The van der Waals surface area contributed by atoms with E-state index in [-0.39, 0.29) is 6.29 Å². The molecule has 19 heavy (non-hydrogen) atoms. The maximum Gasteiger partial charge on any atom is 0.159 e. The quantitative estimate of drug-likeness (QED) is 0.852. The van der Waals surface area contributed by atoms with Gasteiger partial charge in [0.25, 0.3) is 0 Å². The van der Waals surface area contributed by atoms with Gasteiger partial charge in [-0.05, 0) is 24.6 Å². The number of halogens is 2. The molecule has 1 aliphatic rings. The average Bonchev–Trinajstić information content (AvgIpc) is 2.81. The van der Waals surface area contributed by atoms with Crippen molar-refractivity contribution in [2.24, 2.45) is 0 Å². The summed E-state index contributed by atoms with van der Waals surface area (Å²) in [4.78, 5) is 0. The van der Waals surface area contributed by atoms with Crippen LogP contribution in [0.25, 0.3) is 10.9 Å². The number of benzene rings is 1. The number of aromatic nitrogens is 1. The molecule has 0 amide bonds. The van der Waals surface area contributed by atoms with E-state index in [9.17, 15) is 0 Å². The van der Waals surface area contributed by atoms with Crippen molar-refractivity contribution in [3.63, 3.8) is 0 Å². The zero-order chi connectivity index (χ0) is 13.2. The highest BCUT2D eigenvalue weighted by atomic mass is 35.5. The first kappa shape index (κ1) is 13.3. The third-order valence-corrected chi connectivity index (χ3v) is 3.84. The zero-order valence-corrected chi connectivity index (χ0v) is 12.0. The summed E-state index contributed by atoms with van der Waals surface area (Å²) in [5.74, 6) is 0. The predicted octanol–water partition coefficient (Wildman–Crippen LogP) is 4.10. The van der Waals surface area contributed by atoms with E-state index >= 15 is 0 Å². The van der Waals surface area contributed by atoms with Crippen LogP contribution in [0.4, 0.5) is 0 Å². The Hall–Kier alpha value is -0.740. The fraction of sp³-hybridized carbons (Fsp3) is 0.429. The van der Waals surface area contributed by atoms with Gasteiger partial charge >= 0.3 is 0 Å². The molecule has 0 saturated carbocycles. The lowest BCUT2D eigenvalue weighted by Crippen LogP contribution is -2.25. The fourth-order valence-electron chi connectivity index (χ4n) is 2.36. The smallest absolute Gasteiger partial charge is 0.159 e. The minimum absolute atomic E-state index is 0.0964. The van der Waals surface area contributed by atoms with Gasteiger partial charge in [-0.1, -0.05) is 23.2 Å². The Balaban J connectivity index is 1.77. The monoisotopic (exact) mass is 299 g/mol. The molecule has 2 aromatic rings. The molecule has 1 aliphatic heterocycles. The Morgan fingerprint density at radius 2 is 2.00 bits per heavy atom. The molecule has 1 saturated heterocycles. The second-order valence-electron chi connectivity index (χ2n) is 4.64. The van der Waals surface area contributed by atoms with Gasteiger partial charge < -0.3 is 14.0 Å². The van der Waals surface area contributed by atoms with E-state index < -0.39 is 0 Å². The molecule has 0 N–H and O–H groups in total. The van der Waals surface area contributed by atoms with E-state index in [2.05, 4.69) is 4.57 Å². The van der Waals surface area contributed by atoms with Crippen LogP contribution in [0.5, 0.6) is 0 Å². The summed E-state index contributed by atoms with van der Waals surface area (Å²) in [6, 6.07) is 5.71. The van der Waals surface area contributed by atoms with Crippen LogP contribution in [0.15, 0.2) is 24.4 Å². The molecular formula is C14H15Cl2NO2. The van der Waals surface area contributed by atoms with E-state index in [1.54, 1.807) is 6.07 Å². The lowest BCUT2D eigenvalue weighted by Gasteiger charge is -2.23. The zero-order valence-electron chi connectivity index (χ0n) is 10.4. The van der Waals surface area contributed by atoms with E-state index in [1.165, 1.54) is 0 Å². The van der Waals surface area contributed by atoms with Crippen LogP contribution in [-0.4, -0.2) is 24.1 Å². The Morgan fingerprint density at radius 3 is 2.79 bits per heavy atom. The Bertz CT molecular complexity index is 576. The molecule has 5 heteroatoms. The molecule has 1 fully saturated rings. The predicted molar refractivity (Wildman–Crippen MR) is 76.9 cm³/mol. The summed E-state index contributed by atoms with van der Waals surface area (Å²) in [6.07, 6.45) is 3.73. The third kappa shape index (κ3) is 2.90. The summed E-state index contributed by atoms with van der Waals surface area (Å²) in [7, 11) is 0. The van der Waals surface area contributed by atoms with Crippen LogP contribution in [0.1, 0.15) is 12.8 Å². The van der Waals surface area contributed by atoms with Gasteiger partial charge in [0, 0.05) is 29.6 Å². The fourth-order valence-corrected chi connectivity index (χ4v) is 2.91. The van der Waals surface area contributed by atoms with E-state index in [0.717, 1.165) is 43.5 Å². The van der Waals surface area contributed by atoms with Gasteiger partial charge in [-0.15, -0.1) is 0 Å². The van der Waals surface area contributed by atoms with Crippen molar-refractivity contribution in [3.8, 4) is 0 Å². The first-order valence-electron chi connectivity index (χ1n) is 6.41. The number of nitrogens with zero attached hydrogens (tertiary/aromatic N) is 1. The first-order valence-corrected chi connectivity index (χ1v) is 7.17. The second-order valence-corrected chi connectivity index (χ2v) is 5.49. The Kier molecular flexibility index (Phi) is 3.99. The third-order valence-electron chi connectivity index (χ3n) is 3.30. The number of fused-ring (bicyclic) bond motifs is 1. The van der Waals surface area contributed by atoms with Crippen LogP contribution in [-0.2, 0) is 16.0 Å². The van der Waals surface area contributed by atoms with Crippen molar-refractivity contribution in [1.82, 2.24) is 4.57 Å². The number of rotatable bonds is 3. The van der Waals surface area contributed by atoms with Crippen molar-refractivity contribution in [2.75, 3.05) is 13.2 Å². The highest BCUT2D eigenvalue weighted by Gasteiger charge is 2.14. The minimum Gasteiger partial charge on any atom is -0.353 e. The molecule has 0 aliphatic carbocycles. The minimum atomic E-state index is -0.0964. The van der Waals surface area contributed by atoms with Crippen molar-refractivity contribution in [3.05, 3.63) is 34.4 Å². The van der Waals surface area contributed by atoms with Gasteiger partial charge in [0.1, 0.15) is 0 Å². The largest absolute Gasteiger partial charge is 0.353 e. The van der Waals surface area contributed by atoms with Crippen LogP contribution in [0.2, 0.25) is 10.0 Å². The van der Waals surface area contributed by atoms with Gasteiger partial charge in [-0.2, -0.15) is 0 Å². The molecule has 1 aromatic heterocycles. The normalized spacial score (nSPS) is 17.2. The van der Waals surface area contributed by atoms with Crippen molar-refractivity contribution < 1.29 is 9.47 Å². The molecule has 102 valence electrons. The summed E-state index contributed by atoms with van der Waals surface area (Å²) >= 11 is 12.2. The molecule has 0 atom stereocenters. The van der Waals surface area contributed by atoms with Crippen LogP contribution in [0, 0.1) is 0 Å². The SMILES string of the molecule is Clc1cc(Cl)c2ccn(CCC3OCCCO3)c2c1. The lowest BCUT2D eigenvalue weighted by atomic mass is 10.2. The maximum atomic E-state index is 6.18. The van der Waals surface area contributed by atoms with Gasteiger partial charge in [-0.25, -0.2) is 0 Å². The second kappa shape index (κ2) is 5.71. The summed E-state index contributed by atoms with van der Waals surface area (Å²) in [5.41, 5.74) is 1.05. The number of aryl methyl sites for hydroxylation is 1. The molecule has 3 rings (SSSR count). The van der Waals surface area contributed by atoms with Gasteiger partial charge in [0.15, 0.2) is 6.29 Å². The number of hydrogen-bond donors (Lipinski definition) is 0. The topological polar surface area (TPSA) is 23.4 Å². The highest BCUT2D eigenvalue weighted by Crippen LogP contribution is 2.29. The van der Waals surface area contributed by atoms with Gasteiger partial charge in [0.05, 0.1) is 23.8 Å². The summed E-state index contributed by atoms with van der Waals surface area (Å²) in [5, 5.41) is 2.37. The van der Waals surface area contributed by atoms with Crippen molar-refractivity contribution in [1.29, 1.82) is 0 Å². The molecule has 0 radical (unpaired) electrons. The van der Waals surface area contributed by atoms with E-state index in [0.29, 0.717) is 10.0 Å². The molecule has 0 unspecified atom stereocenters. The molecule has 1 aromatic carbocycles. The standard InChI is InChI=1S/C14H15Cl2NO2/c15-10-8-12(16)11-2-4-17(13(11)9-10)5-3-14-18-6-1-7-19-14/h2,4,8-9,14H,1,3,5-7H2. The van der Waals surface area contributed by atoms with Crippen LogP contribution < -0.4 is 0 Å². The first-order chi connectivity index (χ1) is 9.24. The van der Waals surface area contributed by atoms with Gasteiger partial charge in [0.2, 0.25) is 0 Å². The average molecular weight is 300 g/mol. The molecule has 0 bridgehead atoms. The summed E-state index contributed by atoms with van der Waals surface area (Å²) < 4.78 is 13.2. The molecule has 3 nitrogen and oxygen atoms in total. The number of hydrogen-bond acceptors (Lipinski definition) is 2. The highest BCUT2D eigenvalue weighted by molar-refractivity contribution is 6.38. The number of ether oxygens (including phenoxy) is 2. The molecular weight excluding hydrogens is 285 g/mol. The van der Waals surface area contributed by atoms with Crippen molar-refractivity contribution >= 4 is 34.1 Å². The van der Waals surface area contributed by atoms with Crippen LogP contribution in [0.3, 0.4) is 0 Å². The molecule has 0 spiro atoms. The van der Waals surface area contributed by atoms with E-state index in [1.807, 2.05) is 18.3 Å². The lowest BCUT2D eigenvalue weighted by molar-refractivity contribution is -0.182. The maximum absolute atomic E-state index is 6.18. The van der Waals surface area contributed by atoms with Crippen molar-refractivity contribution in [2.45, 2.75) is 25.7 Å². The Labute approximate surface area is 122 Å². The van der Waals surface area contributed by atoms with Crippen LogP contribution >= 0.6 is 23.2 Å². The van der Waals surface area contributed by atoms with E-state index in [4.69, 9.17) is 32.7 Å². The Morgan fingerprint density at radius 1 is 1.21 bits per heavy atom. The molecule has 2 heterocycles. The summed E-state index contributed by atoms with van der Waals surface area (Å²) in [6.45, 7) is 2.40.